The molecule has 0 unspecified atom stereocenters. The highest BCUT2D eigenvalue weighted by Crippen LogP contribution is 2.33. The second kappa shape index (κ2) is 7.70. The summed E-state index contributed by atoms with van der Waals surface area (Å²) in [7, 11) is 5.63. The molecule has 0 heterocycles. The first-order chi connectivity index (χ1) is 11.7. The van der Waals surface area contributed by atoms with E-state index in [4.69, 9.17) is 9.47 Å². The molecular weight excluding hydrogens is 312 g/mol. The molecule has 0 spiro atoms. The summed E-state index contributed by atoms with van der Waals surface area (Å²) in [6, 6.07) is 12.1. The largest absolute Gasteiger partial charge is 0.457 e. The van der Waals surface area contributed by atoms with Crippen molar-refractivity contribution in [2.45, 2.75) is 33.3 Å². The monoisotopic (exact) mass is 340 g/mol. The lowest BCUT2D eigenvalue weighted by Gasteiger charge is -2.24. The van der Waals surface area contributed by atoms with Gasteiger partial charge in [0.15, 0.2) is 0 Å². The van der Waals surface area contributed by atoms with E-state index in [2.05, 4.69) is 4.99 Å². The Morgan fingerprint density at radius 2 is 1.76 bits per heavy atom. The topological polar surface area (TPSA) is 34.1 Å². The van der Waals surface area contributed by atoms with Gasteiger partial charge in [-0.3, -0.25) is 0 Å². The third-order valence-corrected chi connectivity index (χ3v) is 4.19. The van der Waals surface area contributed by atoms with E-state index in [1.165, 1.54) is 0 Å². The highest BCUT2D eigenvalue weighted by molar-refractivity contribution is 5.64. The second-order valence-corrected chi connectivity index (χ2v) is 6.96. The molecule has 0 saturated heterocycles. The zero-order valence-electron chi connectivity index (χ0n) is 16.3. The van der Waals surface area contributed by atoms with E-state index in [0.717, 1.165) is 33.9 Å². The fraction of sp³-hybridized carbons (Fsp3) is 0.381. The predicted molar refractivity (Wildman–Crippen MR) is 104 cm³/mol. The maximum Gasteiger partial charge on any atom is 0.130 e. The van der Waals surface area contributed by atoms with Gasteiger partial charge in [0.1, 0.15) is 11.5 Å². The van der Waals surface area contributed by atoms with E-state index in [1.54, 1.807) is 13.4 Å². The smallest absolute Gasteiger partial charge is 0.130 e. The van der Waals surface area contributed by atoms with E-state index in [1.807, 2.05) is 83.1 Å². The molecule has 0 aliphatic rings. The van der Waals surface area contributed by atoms with Crippen LogP contribution in [0.2, 0.25) is 0 Å². The molecule has 4 nitrogen and oxygen atoms in total. The van der Waals surface area contributed by atoms with Gasteiger partial charge in [0.05, 0.1) is 17.6 Å². The second-order valence-electron chi connectivity index (χ2n) is 6.96. The Balaban J connectivity index is 2.29. The molecule has 0 aliphatic heterocycles. The third-order valence-electron chi connectivity index (χ3n) is 4.19. The van der Waals surface area contributed by atoms with Crippen LogP contribution in [0.25, 0.3) is 0 Å². The Hall–Kier alpha value is -2.33. The van der Waals surface area contributed by atoms with E-state index in [-0.39, 0.29) is 5.60 Å². The van der Waals surface area contributed by atoms with E-state index in [0.29, 0.717) is 0 Å². The van der Waals surface area contributed by atoms with Crippen LogP contribution < -0.4 is 4.74 Å². The summed E-state index contributed by atoms with van der Waals surface area (Å²) in [5, 5.41) is 0. The molecule has 0 atom stereocenters. The summed E-state index contributed by atoms with van der Waals surface area (Å²) in [6.45, 7) is 8.16. The summed E-state index contributed by atoms with van der Waals surface area (Å²) < 4.78 is 11.7. The molecule has 0 saturated carbocycles. The van der Waals surface area contributed by atoms with Crippen LogP contribution in [0, 0.1) is 13.8 Å². The van der Waals surface area contributed by atoms with Gasteiger partial charge in [0.25, 0.3) is 0 Å². The predicted octanol–water partition coefficient (Wildman–Crippen LogP) is 5.20. The Labute approximate surface area is 151 Å². The normalized spacial score (nSPS) is 11.8. The van der Waals surface area contributed by atoms with Crippen molar-refractivity contribution in [1.82, 2.24) is 4.90 Å². The number of nitrogens with zero attached hydrogens (tertiary/aromatic N) is 2. The number of benzene rings is 2. The lowest BCUT2D eigenvalue weighted by atomic mass is 9.98. The van der Waals surface area contributed by atoms with Gasteiger partial charge < -0.3 is 14.4 Å². The van der Waals surface area contributed by atoms with Crippen molar-refractivity contribution >= 4 is 12.0 Å². The van der Waals surface area contributed by atoms with Crippen LogP contribution >= 0.6 is 0 Å². The minimum absolute atomic E-state index is 0.352. The molecule has 0 radical (unpaired) electrons. The van der Waals surface area contributed by atoms with Gasteiger partial charge in [-0.2, -0.15) is 0 Å². The fourth-order valence-corrected chi connectivity index (χ4v) is 2.38. The van der Waals surface area contributed by atoms with Gasteiger partial charge in [-0.15, -0.1) is 0 Å². The molecule has 0 fully saturated rings. The molecule has 2 rings (SSSR count). The van der Waals surface area contributed by atoms with Gasteiger partial charge in [-0.25, -0.2) is 4.99 Å². The van der Waals surface area contributed by atoms with Gasteiger partial charge in [-0.1, -0.05) is 12.1 Å². The standard InChI is InChI=1S/C21H28N2O2/c1-15-12-20(16(2)11-19(15)22-14-23(5)6)25-18-10-8-9-17(13-18)21(3,4)24-7/h8-14H,1-7H3/b22-14-. The molecule has 2 aromatic rings. The minimum atomic E-state index is -0.352. The molecule has 25 heavy (non-hydrogen) atoms. The zero-order valence-corrected chi connectivity index (χ0v) is 16.3. The Morgan fingerprint density at radius 3 is 2.40 bits per heavy atom. The maximum atomic E-state index is 6.13. The number of aliphatic imine (C=N–C) groups is 1. The van der Waals surface area contributed by atoms with E-state index >= 15 is 0 Å². The van der Waals surface area contributed by atoms with Crippen LogP contribution in [0.5, 0.6) is 11.5 Å². The van der Waals surface area contributed by atoms with Crippen molar-refractivity contribution in [2.75, 3.05) is 21.2 Å². The van der Waals surface area contributed by atoms with Gasteiger partial charge in [0, 0.05) is 21.2 Å². The average molecular weight is 340 g/mol. The summed E-state index contributed by atoms with van der Waals surface area (Å²) in [5.74, 6) is 1.64. The number of hydrogen-bond donors (Lipinski definition) is 0. The van der Waals surface area contributed by atoms with Crippen molar-refractivity contribution < 1.29 is 9.47 Å². The molecule has 0 aromatic heterocycles. The number of methoxy groups -OCH3 is 1. The number of hydrogen-bond acceptors (Lipinski definition) is 3. The maximum absolute atomic E-state index is 6.13. The minimum Gasteiger partial charge on any atom is -0.457 e. The molecule has 0 N–H and O–H groups in total. The zero-order chi connectivity index (χ0) is 18.6. The molecule has 0 amide bonds. The van der Waals surface area contributed by atoms with E-state index in [9.17, 15) is 0 Å². The van der Waals surface area contributed by atoms with Gasteiger partial charge in [0.2, 0.25) is 0 Å². The van der Waals surface area contributed by atoms with Crippen molar-refractivity contribution in [3.05, 3.63) is 53.1 Å². The number of rotatable bonds is 6. The van der Waals surface area contributed by atoms with Crippen molar-refractivity contribution in [3.8, 4) is 11.5 Å². The van der Waals surface area contributed by atoms with Crippen molar-refractivity contribution in [1.29, 1.82) is 0 Å². The number of aryl methyl sites for hydroxylation is 2. The van der Waals surface area contributed by atoms with Crippen LogP contribution in [-0.2, 0) is 10.3 Å². The Bertz CT molecular complexity index is 764. The van der Waals surface area contributed by atoms with Gasteiger partial charge >= 0.3 is 0 Å². The Kier molecular flexibility index (Phi) is 5.85. The summed E-state index contributed by atoms with van der Waals surface area (Å²) in [5.41, 5.74) is 3.80. The molecule has 0 aliphatic carbocycles. The van der Waals surface area contributed by atoms with Gasteiger partial charge in [-0.05, 0) is 68.7 Å². The summed E-state index contributed by atoms with van der Waals surface area (Å²) in [6.07, 6.45) is 1.80. The Morgan fingerprint density at radius 1 is 1.04 bits per heavy atom. The van der Waals surface area contributed by atoms with Crippen LogP contribution in [0.3, 0.4) is 0 Å². The number of ether oxygens (including phenoxy) is 2. The lowest BCUT2D eigenvalue weighted by molar-refractivity contribution is 0.0191. The van der Waals surface area contributed by atoms with Crippen LogP contribution in [-0.4, -0.2) is 32.4 Å². The van der Waals surface area contributed by atoms with Crippen LogP contribution in [0.15, 0.2) is 41.4 Å². The quantitative estimate of drug-likeness (QED) is 0.535. The van der Waals surface area contributed by atoms with Crippen molar-refractivity contribution in [2.24, 2.45) is 4.99 Å². The van der Waals surface area contributed by atoms with Crippen LogP contribution in [0.4, 0.5) is 5.69 Å². The average Bonchev–Trinajstić information content (AvgIpc) is 2.56. The highest BCUT2D eigenvalue weighted by atomic mass is 16.5. The molecule has 0 bridgehead atoms. The van der Waals surface area contributed by atoms with Crippen molar-refractivity contribution in [3.63, 3.8) is 0 Å². The first-order valence-corrected chi connectivity index (χ1v) is 8.38. The van der Waals surface area contributed by atoms with E-state index < -0.39 is 0 Å². The lowest BCUT2D eigenvalue weighted by Crippen LogP contribution is -2.19. The molecular formula is C21H28N2O2. The molecule has 2 aromatic carbocycles. The molecule has 134 valence electrons. The fourth-order valence-electron chi connectivity index (χ4n) is 2.38. The third kappa shape index (κ3) is 4.83. The summed E-state index contributed by atoms with van der Waals surface area (Å²) in [4.78, 5) is 6.42. The molecule has 4 heteroatoms. The highest BCUT2D eigenvalue weighted by Gasteiger charge is 2.20. The van der Waals surface area contributed by atoms with Crippen LogP contribution in [0.1, 0.15) is 30.5 Å². The first-order valence-electron chi connectivity index (χ1n) is 8.38. The SMILES string of the molecule is COC(C)(C)c1cccc(Oc2cc(C)c(/N=C\N(C)C)cc2C)c1. The summed E-state index contributed by atoms with van der Waals surface area (Å²) >= 11 is 0. The first kappa shape index (κ1) is 19.0.